The van der Waals surface area contributed by atoms with E-state index in [1.54, 1.807) is 0 Å². The molecule has 0 saturated carbocycles. The molecule has 2 aromatic rings. The molecule has 22 heavy (non-hydrogen) atoms. The number of benzene rings is 1. The summed E-state index contributed by atoms with van der Waals surface area (Å²) in [6, 6.07) is 6.68. The van der Waals surface area contributed by atoms with Crippen molar-refractivity contribution in [1.82, 2.24) is 4.90 Å². The molecule has 1 saturated heterocycles. The van der Waals surface area contributed by atoms with Crippen molar-refractivity contribution < 1.29 is 19.1 Å². The normalized spacial score (nSPS) is 22.0. The van der Waals surface area contributed by atoms with Crippen LogP contribution in [0.5, 0.6) is 0 Å². The van der Waals surface area contributed by atoms with E-state index in [-0.39, 0.29) is 11.7 Å². The summed E-state index contributed by atoms with van der Waals surface area (Å²) in [7, 11) is 0. The first-order valence-electron chi connectivity index (χ1n) is 7.51. The highest BCUT2D eigenvalue weighted by Crippen LogP contribution is 2.29. The largest absolute Gasteiger partial charge is 0.480 e. The van der Waals surface area contributed by atoms with Gasteiger partial charge < -0.3 is 14.4 Å². The van der Waals surface area contributed by atoms with Crippen molar-refractivity contribution in [1.29, 1.82) is 0 Å². The van der Waals surface area contributed by atoms with Crippen LogP contribution in [0.2, 0.25) is 0 Å². The zero-order valence-corrected chi connectivity index (χ0v) is 12.7. The summed E-state index contributed by atoms with van der Waals surface area (Å²) in [6.45, 7) is 4.30. The Hall–Kier alpha value is -2.30. The second-order valence-electron chi connectivity index (χ2n) is 6.03. The van der Waals surface area contributed by atoms with Crippen molar-refractivity contribution in [2.45, 2.75) is 32.7 Å². The molecule has 1 amide bonds. The molecule has 116 valence electrons. The quantitative estimate of drug-likeness (QED) is 0.925. The van der Waals surface area contributed by atoms with E-state index < -0.39 is 12.0 Å². The molecule has 2 atom stereocenters. The molecule has 1 aromatic heterocycles. The number of hydrogen-bond donors (Lipinski definition) is 1. The minimum Gasteiger partial charge on any atom is -0.480 e. The van der Waals surface area contributed by atoms with Crippen molar-refractivity contribution in [2.24, 2.45) is 5.92 Å². The maximum Gasteiger partial charge on any atom is 0.326 e. The average molecular weight is 301 g/mol. The number of carboxylic acids is 1. The predicted molar refractivity (Wildman–Crippen MR) is 81.8 cm³/mol. The fraction of sp³-hybridized carbons (Fsp3) is 0.412. The minimum absolute atomic E-state index is 0.252. The van der Waals surface area contributed by atoms with Crippen LogP contribution in [0.4, 0.5) is 0 Å². The highest BCUT2D eigenvalue weighted by Gasteiger charge is 2.37. The number of hydrogen-bond acceptors (Lipinski definition) is 3. The fourth-order valence-electron chi connectivity index (χ4n) is 3.13. The van der Waals surface area contributed by atoms with E-state index >= 15 is 0 Å². The summed E-state index contributed by atoms with van der Waals surface area (Å²) in [5, 5.41) is 10.3. The van der Waals surface area contributed by atoms with Crippen molar-refractivity contribution in [3.8, 4) is 0 Å². The molecule has 3 rings (SSSR count). The Morgan fingerprint density at radius 1 is 1.32 bits per heavy atom. The summed E-state index contributed by atoms with van der Waals surface area (Å²) >= 11 is 0. The third-order valence-corrected chi connectivity index (χ3v) is 4.45. The number of carboxylic acid groups (broad SMARTS) is 1. The van der Waals surface area contributed by atoms with Crippen molar-refractivity contribution >= 4 is 22.8 Å². The Morgan fingerprint density at radius 3 is 2.73 bits per heavy atom. The molecule has 1 aliphatic rings. The van der Waals surface area contributed by atoms with Gasteiger partial charge in [-0.2, -0.15) is 0 Å². The second-order valence-corrected chi connectivity index (χ2v) is 6.03. The van der Waals surface area contributed by atoms with Crippen molar-refractivity contribution in [3.05, 3.63) is 35.6 Å². The van der Waals surface area contributed by atoms with Gasteiger partial charge in [0.2, 0.25) is 0 Å². The highest BCUT2D eigenvalue weighted by molar-refractivity contribution is 6.00. The summed E-state index contributed by atoms with van der Waals surface area (Å²) in [5.41, 5.74) is 1.42. The maximum absolute atomic E-state index is 12.8. The number of para-hydroxylation sites is 1. The molecular formula is C17H19NO4. The van der Waals surface area contributed by atoms with Crippen LogP contribution in [0.1, 0.15) is 35.9 Å². The van der Waals surface area contributed by atoms with E-state index in [1.165, 1.54) is 4.90 Å². The molecule has 5 nitrogen and oxygen atoms in total. The van der Waals surface area contributed by atoms with E-state index in [9.17, 15) is 14.7 Å². The predicted octanol–water partition coefficient (Wildman–Crippen LogP) is 3.07. The summed E-state index contributed by atoms with van der Waals surface area (Å²) < 4.78 is 5.68. The smallest absolute Gasteiger partial charge is 0.326 e. The fourth-order valence-corrected chi connectivity index (χ4v) is 3.13. The number of carbonyl (C=O) groups is 2. The lowest BCUT2D eigenvalue weighted by atomic mass is 9.92. The topological polar surface area (TPSA) is 70.8 Å². The minimum atomic E-state index is -0.950. The van der Waals surface area contributed by atoms with Crippen LogP contribution in [0.25, 0.3) is 11.0 Å². The van der Waals surface area contributed by atoms with Crippen molar-refractivity contribution in [2.75, 3.05) is 6.54 Å². The van der Waals surface area contributed by atoms with Gasteiger partial charge in [0.1, 0.15) is 11.6 Å². The number of rotatable bonds is 2. The molecule has 0 spiro atoms. The van der Waals surface area contributed by atoms with Gasteiger partial charge in [0.25, 0.3) is 5.91 Å². The Labute approximate surface area is 128 Å². The van der Waals surface area contributed by atoms with E-state index in [2.05, 4.69) is 0 Å². The van der Waals surface area contributed by atoms with Crippen molar-refractivity contribution in [3.63, 3.8) is 0 Å². The van der Waals surface area contributed by atoms with E-state index in [0.29, 0.717) is 24.5 Å². The lowest BCUT2D eigenvalue weighted by molar-refractivity contribution is -0.144. The number of aryl methyl sites for hydroxylation is 1. The highest BCUT2D eigenvalue weighted by atomic mass is 16.4. The first kappa shape index (κ1) is 14.6. The molecule has 1 aromatic carbocycles. The first-order chi connectivity index (χ1) is 10.5. The molecule has 0 bridgehead atoms. The zero-order valence-electron chi connectivity index (χ0n) is 12.7. The van der Waals surface area contributed by atoms with Crippen LogP contribution in [-0.2, 0) is 4.79 Å². The number of nitrogens with zero attached hydrogens (tertiary/aromatic N) is 1. The summed E-state index contributed by atoms with van der Waals surface area (Å²) in [4.78, 5) is 25.7. The molecule has 0 aliphatic carbocycles. The van der Waals surface area contributed by atoms with Crippen LogP contribution >= 0.6 is 0 Å². The monoisotopic (exact) mass is 301 g/mol. The lowest BCUT2D eigenvalue weighted by Gasteiger charge is -2.35. The third-order valence-electron chi connectivity index (χ3n) is 4.45. The van der Waals surface area contributed by atoms with Gasteiger partial charge in [-0.15, -0.1) is 0 Å². The number of carbonyl (C=O) groups excluding carboxylic acids is 1. The number of amides is 1. The molecule has 1 fully saturated rings. The Bertz CT molecular complexity index is 733. The molecule has 2 heterocycles. The van der Waals surface area contributed by atoms with Gasteiger partial charge in [-0.05, 0) is 31.7 Å². The maximum atomic E-state index is 12.8. The molecule has 2 unspecified atom stereocenters. The standard InChI is InChI=1S/C17H19NO4/c1-10-7-8-18(13(9-10)17(20)21)16(19)15-11(2)12-5-3-4-6-14(12)22-15/h3-6,10,13H,7-9H2,1-2H3,(H,20,21). The van der Waals surface area contributed by atoms with E-state index in [4.69, 9.17) is 4.42 Å². The SMILES string of the molecule is Cc1c(C(=O)N2CCC(C)CC2C(=O)O)oc2ccccc12. The Morgan fingerprint density at radius 2 is 2.05 bits per heavy atom. The average Bonchev–Trinajstić information content (AvgIpc) is 2.84. The number of aliphatic carboxylic acids is 1. The lowest BCUT2D eigenvalue weighted by Crippen LogP contribution is -2.49. The van der Waals surface area contributed by atoms with Gasteiger partial charge in [0, 0.05) is 17.5 Å². The zero-order chi connectivity index (χ0) is 15.9. The molecule has 5 heteroatoms. The van der Waals surface area contributed by atoms with Crippen LogP contribution in [-0.4, -0.2) is 34.5 Å². The number of fused-ring (bicyclic) bond motifs is 1. The van der Waals surface area contributed by atoms with Gasteiger partial charge in [-0.3, -0.25) is 4.79 Å². The number of furan rings is 1. The number of likely N-dealkylation sites (tertiary alicyclic amines) is 1. The molecule has 1 aliphatic heterocycles. The third kappa shape index (κ3) is 2.36. The van der Waals surface area contributed by atoms with E-state index in [1.807, 2.05) is 38.1 Å². The van der Waals surface area contributed by atoms with Crippen LogP contribution in [0, 0.1) is 12.8 Å². The van der Waals surface area contributed by atoms with Gasteiger partial charge in [0.15, 0.2) is 5.76 Å². The molecule has 0 radical (unpaired) electrons. The van der Waals surface area contributed by atoms with Gasteiger partial charge in [0.05, 0.1) is 0 Å². The van der Waals surface area contributed by atoms with Crippen LogP contribution < -0.4 is 0 Å². The molecular weight excluding hydrogens is 282 g/mol. The van der Waals surface area contributed by atoms with E-state index in [0.717, 1.165) is 17.4 Å². The Balaban J connectivity index is 1.97. The summed E-state index contributed by atoms with van der Waals surface area (Å²) in [5.74, 6) is -0.717. The van der Waals surface area contributed by atoms with Gasteiger partial charge in [-0.25, -0.2) is 4.79 Å². The number of piperidine rings is 1. The van der Waals surface area contributed by atoms with Gasteiger partial charge in [-0.1, -0.05) is 25.1 Å². The summed E-state index contributed by atoms with van der Waals surface area (Å²) in [6.07, 6.45) is 1.30. The van der Waals surface area contributed by atoms with Crippen LogP contribution in [0.3, 0.4) is 0 Å². The van der Waals surface area contributed by atoms with Gasteiger partial charge >= 0.3 is 5.97 Å². The Kier molecular flexibility index (Phi) is 3.64. The molecule has 1 N–H and O–H groups in total. The van der Waals surface area contributed by atoms with Crippen LogP contribution in [0.15, 0.2) is 28.7 Å². The second kappa shape index (κ2) is 5.48. The first-order valence-corrected chi connectivity index (χ1v) is 7.51.